The molecule has 2 atom stereocenters. The molecule has 33 heavy (non-hydrogen) atoms. The molecule has 1 aromatic heterocycles. The van der Waals surface area contributed by atoms with Crippen molar-refractivity contribution < 1.29 is 19.1 Å². The molecule has 1 amide bonds. The summed E-state index contributed by atoms with van der Waals surface area (Å²) in [6.07, 6.45) is 2.87. The fraction of sp³-hybridized carbons (Fsp3) is 0.423. The van der Waals surface area contributed by atoms with Crippen LogP contribution in [0, 0.1) is 5.92 Å². The largest absolute Gasteiger partial charge is 0.494 e. The molecule has 0 N–H and O–H groups in total. The third-order valence-corrected chi connectivity index (χ3v) is 5.98. The molecule has 0 radical (unpaired) electrons. The second-order valence-electron chi connectivity index (χ2n) is 8.15. The van der Waals surface area contributed by atoms with Crippen molar-refractivity contribution in [3.8, 4) is 5.75 Å². The van der Waals surface area contributed by atoms with E-state index in [2.05, 4.69) is 6.92 Å². The van der Waals surface area contributed by atoms with Crippen LogP contribution in [0.3, 0.4) is 0 Å². The zero-order valence-corrected chi connectivity index (χ0v) is 19.5. The van der Waals surface area contributed by atoms with Gasteiger partial charge in [-0.3, -0.25) is 14.5 Å². The number of carbonyl (C=O) groups is 2. The quantitative estimate of drug-likeness (QED) is 0.268. The number of anilines is 1. The van der Waals surface area contributed by atoms with E-state index >= 15 is 0 Å². The van der Waals surface area contributed by atoms with Crippen molar-refractivity contribution >= 4 is 28.9 Å². The molecule has 0 saturated heterocycles. The third kappa shape index (κ3) is 4.32. The second-order valence-corrected chi connectivity index (χ2v) is 8.15. The Balaban J connectivity index is 1.93. The van der Waals surface area contributed by atoms with Crippen molar-refractivity contribution in [3.63, 3.8) is 0 Å². The van der Waals surface area contributed by atoms with Crippen LogP contribution in [-0.4, -0.2) is 41.2 Å². The number of hydrogen-bond acceptors (Lipinski definition) is 5. The Hall–Kier alpha value is -3.35. The van der Waals surface area contributed by atoms with Gasteiger partial charge in [-0.15, -0.1) is 0 Å². The maximum atomic E-state index is 13.8. The summed E-state index contributed by atoms with van der Waals surface area (Å²) in [6, 6.07) is 14.8. The number of carbonyl (C=O) groups excluding carboxylic acids is 2. The first-order chi connectivity index (χ1) is 16.1. The Morgan fingerprint density at radius 3 is 2.61 bits per heavy atom. The summed E-state index contributed by atoms with van der Waals surface area (Å²) in [7, 11) is 0. The lowest BCUT2D eigenvalue weighted by atomic mass is 9.89. The number of esters is 1. The van der Waals surface area contributed by atoms with E-state index in [0.29, 0.717) is 24.8 Å². The zero-order valence-electron chi connectivity index (χ0n) is 19.5. The second kappa shape index (κ2) is 10.1. The van der Waals surface area contributed by atoms with E-state index in [1.165, 1.54) is 0 Å². The molecule has 0 spiro atoms. The molecule has 2 heterocycles. The summed E-state index contributed by atoms with van der Waals surface area (Å²) < 4.78 is 13.1. The fourth-order valence-electron chi connectivity index (χ4n) is 4.54. The van der Waals surface area contributed by atoms with E-state index in [1.54, 1.807) is 11.8 Å². The lowest BCUT2D eigenvalue weighted by Crippen LogP contribution is -2.50. The van der Waals surface area contributed by atoms with Crippen molar-refractivity contribution in [2.75, 3.05) is 24.7 Å². The molecule has 0 unspecified atom stereocenters. The maximum absolute atomic E-state index is 13.8. The Kier molecular flexibility index (Phi) is 6.96. The topological polar surface area (TPSA) is 73.7 Å². The fourth-order valence-corrected chi connectivity index (χ4v) is 4.54. The first-order valence-corrected chi connectivity index (χ1v) is 11.8. The average Bonchev–Trinajstić information content (AvgIpc) is 3.19. The van der Waals surface area contributed by atoms with Crippen LogP contribution >= 0.6 is 0 Å². The highest BCUT2D eigenvalue weighted by atomic mass is 16.5. The predicted octanol–water partition coefficient (Wildman–Crippen LogP) is 4.74. The van der Waals surface area contributed by atoms with Gasteiger partial charge in [0.05, 0.1) is 30.3 Å². The summed E-state index contributed by atoms with van der Waals surface area (Å²) >= 11 is 0. The van der Waals surface area contributed by atoms with Crippen LogP contribution < -0.4 is 9.64 Å². The van der Waals surface area contributed by atoms with Crippen LogP contribution in [0.5, 0.6) is 5.75 Å². The average molecular weight is 450 g/mol. The van der Waals surface area contributed by atoms with E-state index in [1.807, 2.05) is 60.0 Å². The maximum Gasteiger partial charge on any atom is 0.321 e. The summed E-state index contributed by atoms with van der Waals surface area (Å²) in [5.74, 6) is -0.517. The highest BCUT2D eigenvalue weighted by Gasteiger charge is 2.47. The Morgan fingerprint density at radius 1 is 1.03 bits per heavy atom. The standard InChI is InChI=1S/C26H31N3O4/c1-4-7-10-16-28-24(30)22(25(31)33-6-3)23(18-12-11-13-19(17-18)32-5-2)29-21-15-9-8-14-20(21)27-26(28)29/h8-9,11-15,17,22-23H,4-7,10,16H2,1-3H3/t22-,23-/m0/s1. The van der Waals surface area contributed by atoms with Crippen molar-refractivity contribution in [1.82, 2.24) is 9.55 Å². The minimum Gasteiger partial charge on any atom is -0.494 e. The van der Waals surface area contributed by atoms with Gasteiger partial charge in [0.25, 0.3) is 0 Å². The molecule has 0 saturated carbocycles. The Bertz CT molecular complexity index is 1140. The van der Waals surface area contributed by atoms with Crippen LogP contribution in [0.4, 0.5) is 5.95 Å². The molecule has 174 valence electrons. The van der Waals surface area contributed by atoms with E-state index in [-0.39, 0.29) is 12.5 Å². The van der Waals surface area contributed by atoms with Crippen LogP contribution in [-0.2, 0) is 14.3 Å². The van der Waals surface area contributed by atoms with E-state index in [0.717, 1.165) is 35.9 Å². The number of ether oxygens (including phenoxy) is 2. The SMILES string of the molecule is CCCCCN1C(=O)[C@@H](C(=O)OCC)[C@H](c2cccc(OCC)c2)n2c1nc1ccccc12. The number of benzene rings is 2. The number of rotatable bonds is 9. The summed E-state index contributed by atoms with van der Waals surface area (Å²) in [4.78, 5) is 33.5. The number of nitrogens with zero attached hydrogens (tertiary/aromatic N) is 3. The minimum absolute atomic E-state index is 0.210. The van der Waals surface area contributed by atoms with Crippen molar-refractivity contribution in [3.05, 3.63) is 54.1 Å². The van der Waals surface area contributed by atoms with Crippen LogP contribution in [0.25, 0.3) is 11.0 Å². The van der Waals surface area contributed by atoms with Crippen molar-refractivity contribution in [2.24, 2.45) is 5.92 Å². The Morgan fingerprint density at radius 2 is 1.85 bits per heavy atom. The number of amides is 1. The molecule has 1 aliphatic heterocycles. The molecule has 0 fully saturated rings. The smallest absolute Gasteiger partial charge is 0.321 e. The number of fused-ring (bicyclic) bond motifs is 3. The summed E-state index contributed by atoms with van der Waals surface area (Å²) in [5.41, 5.74) is 2.47. The molecular weight excluding hydrogens is 418 g/mol. The van der Waals surface area contributed by atoms with Crippen LogP contribution in [0.15, 0.2) is 48.5 Å². The number of aromatic nitrogens is 2. The molecule has 2 aromatic carbocycles. The lowest BCUT2D eigenvalue weighted by molar-refractivity contribution is -0.153. The van der Waals surface area contributed by atoms with Gasteiger partial charge >= 0.3 is 5.97 Å². The highest BCUT2D eigenvalue weighted by Crippen LogP contribution is 2.42. The van der Waals surface area contributed by atoms with Gasteiger partial charge in [0.2, 0.25) is 11.9 Å². The third-order valence-electron chi connectivity index (χ3n) is 5.98. The van der Waals surface area contributed by atoms with Gasteiger partial charge in [0.1, 0.15) is 5.75 Å². The number of unbranched alkanes of at least 4 members (excludes halogenated alkanes) is 2. The van der Waals surface area contributed by atoms with Gasteiger partial charge in [-0.2, -0.15) is 0 Å². The molecule has 0 aliphatic carbocycles. The minimum atomic E-state index is -1.01. The molecule has 7 heteroatoms. The molecule has 3 aromatic rings. The Labute approximate surface area is 194 Å². The summed E-state index contributed by atoms with van der Waals surface area (Å²) in [5, 5.41) is 0. The van der Waals surface area contributed by atoms with Crippen LogP contribution in [0.1, 0.15) is 51.6 Å². The molecular formula is C26H31N3O4. The van der Waals surface area contributed by atoms with Crippen molar-refractivity contribution in [2.45, 2.75) is 46.1 Å². The molecule has 7 nitrogen and oxygen atoms in total. The van der Waals surface area contributed by atoms with Gasteiger partial charge in [0, 0.05) is 6.54 Å². The first-order valence-electron chi connectivity index (χ1n) is 11.8. The van der Waals surface area contributed by atoms with Gasteiger partial charge in [-0.25, -0.2) is 4.98 Å². The van der Waals surface area contributed by atoms with Crippen molar-refractivity contribution in [1.29, 1.82) is 0 Å². The zero-order chi connectivity index (χ0) is 23.4. The highest BCUT2D eigenvalue weighted by molar-refractivity contribution is 6.08. The first kappa shape index (κ1) is 22.8. The summed E-state index contributed by atoms with van der Waals surface area (Å²) in [6.45, 7) is 7.05. The molecule has 4 rings (SSSR count). The normalized spacial score (nSPS) is 17.8. The van der Waals surface area contributed by atoms with Gasteiger partial charge < -0.3 is 14.0 Å². The number of imidazole rings is 1. The van der Waals surface area contributed by atoms with Crippen LogP contribution in [0.2, 0.25) is 0 Å². The number of hydrogen-bond donors (Lipinski definition) is 0. The lowest BCUT2D eigenvalue weighted by Gasteiger charge is -2.38. The van der Waals surface area contributed by atoms with E-state index < -0.39 is 17.9 Å². The van der Waals surface area contributed by atoms with E-state index in [9.17, 15) is 9.59 Å². The molecule has 1 aliphatic rings. The number of para-hydroxylation sites is 2. The predicted molar refractivity (Wildman–Crippen MR) is 127 cm³/mol. The van der Waals surface area contributed by atoms with Gasteiger partial charge in [-0.05, 0) is 50.1 Å². The van der Waals surface area contributed by atoms with E-state index in [4.69, 9.17) is 14.5 Å². The molecule has 0 bridgehead atoms. The monoisotopic (exact) mass is 449 g/mol. The van der Waals surface area contributed by atoms with Gasteiger partial charge in [-0.1, -0.05) is 44.0 Å². The van der Waals surface area contributed by atoms with Gasteiger partial charge in [0.15, 0.2) is 5.92 Å².